The van der Waals surface area contributed by atoms with Crippen LogP contribution in [0.25, 0.3) is 0 Å². The van der Waals surface area contributed by atoms with Gasteiger partial charge in [-0.25, -0.2) is 0 Å². The first kappa shape index (κ1) is 15.2. The minimum Gasteiger partial charge on any atom is -0.362 e. The SMILES string of the molecule is CC1(CNC(=O)COCC(F)(F)F)CCCNC1. The first-order chi connectivity index (χ1) is 8.31. The summed E-state index contributed by atoms with van der Waals surface area (Å²) in [5.74, 6) is -0.508. The summed E-state index contributed by atoms with van der Waals surface area (Å²) in [7, 11) is 0. The lowest BCUT2D eigenvalue weighted by molar-refractivity contribution is -0.175. The molecule has 0 aliphatic carbocycles. The first-order valence-electron chi connectivity index (χ1n) is 5.93. The molecule has 0 aromatic heterocycles. The van der Waals surface area contributed by atoms with Crippen LogP contribution in [0.3, 0.4) is 0 Å². The number of alkyl halides is 3. The van der Waals surface area contributed by atoms with Crippen molar-refractivity contribution >= 4 is 5.91 Å². The van der Waals surface area contributed by atoms with E-state index in [1.807, 2.05) is 6.92 Å². The average Bonchev–Trinajstić information content (AvgIpc) is 2.26. The van der Waals surface area contributed by atoms with Crippen LogP contribution in [0, 0.1) is 5.41 Å². The summed E-state index contributed by atoms with van der Waals surface area (Å²) in [6.07, 6.45) is -2.36. The van der Waals surface area contributed by atoms with Crippen molar-refractivity contribution < 1.29 is 22.7 Å². The lowest BCUT2D eigenvalue weighted by Gasteiger charge is -2.34. The van der Waals surface area contributed by atoms with Gasteiger partial charge in [-0.15, -0.1) is 0 Å². The zero-order valence-corrected chi connectivity index (χ0v) is 10.4. The van der Waals surface area contributed by atoms with Crippen LogP contribution in [0.15, 0.2) is 0 Å². The Balaban J connectivity index is 2.16. The van der Waals surface area contributed by atoms with Crippen molar-refractivity contribution in [1.82, 2.24) is 10.6 Å². The Morgan fingerprint density at radius 3 is 2.78 bits per heavy atom. The van der Waals surface area contributed by atoms with E-state index >= 15 is 0 Å². The normalized spacial score (nSPS) is 24.9. The molecule has 1 heterocycles. The third kappa shape index (κ3) is 6.20. The summed E-state index contributed by atoms with van der Waals surface area (Å²) in [6.45, 7) is 2.32. The Labute approximate surface area is 104 Å². The molecule has 0 spiro atoms. The maximum Gasteiger partial charge on any atom is 0.411 e. The third-order valence-electron chi connectivity index (χ3n) is 2.90. The number of piperidine rings is 1. The maximum atomic E-state index is 11.8. The second kappa shape index (κ2) is 6.38. The highest BCUT2D eigenvalue weighted by molar-refractivity contribution is 5.77. The molecule has 0 radical (unpaired) electrons. The minimum absolute atomic E-state index is 0.0298. The molecule has 0 aromatic carbocycles. The lowest BCUT2D eigenvalue weighted by atomic mass is 9.83. The molecular formula is C11H19F3N2O2. The van der Waals surface area contributed by atoms with E-state index < -0.39 is 25.3 Å². The van der Waals surface area contributed by atoms with E-state index in [0.717, 1.165) is 25.9 Å². The largest absolute Gasteiger partial charge is 0.411 e. The van der Waals surface area contributed by atoms with Gasteiger partial charge in [0.25, 0.3) is 0 Å². The average molecular weight is 268 g/mol. The predicted octanol–water partition coefficient (Wildman–Crippen LogP) is 1.07. The zero-order valence-electron chi connectivity index (χ0n) is 10.4. The summed E-state index contributed by atoms with van der Waals surface area (Å²) in [5.41, 5.74) is -0.0298. The van der Waals surface area contributed by atoms with Crippen molar-refractivity contribution in [3.05, 3.63) is 0 Å². The highest BCUT2D eigenvalue weighted by atomic mass is 19.4. The topological polar surface area (TPSA) is 50.4 Å². The maximum absolute atomic E-state index is 11.8. The molecule has 0 saturated carbocycles. The van der Waals surface area contributed by atoms with Gasteiger partial charge in [-0.1, -0.05) is 6.92 Å². The van der Waals surface area contributed by atoms with Gasteiger partial charge in [0, 0.05) is 13.1 Å². The molecule has 106 valence electrons. The Morgan fingerprint density at radius 2 is 2.22 bits per heavy atom. The van der Waals surface area contributed by atoms with Gasteiger partial charge in [0.1, 0.15) is 13.2 Å². The fourth-order valence-corrected chi connectivity index (χ4v) is 1.89. The van der Waals surface area contributed by atoms with Gasteiger partial charge in [-0.3, -0.25) is 4.79 Å². The molecule has 0 aromatic rings. The van der Waals surface area contributed by atoms with Crippen molar-refractivity contribution in [2.75, 3.05) is 32.8 Å². The fraction of sp³-hybridized carbons (Fsp3) is 0.909. The van der Waals surface area contributed by atoms with E-state index in [0.29, 0.717) is 6.54 Å². The van der Waals surface area contributed by atoms with Crippen LogP contribution in [-0.4, -0.2) is 44.9 Å². The standard InChI is InChI=1S/C11H19F3N2O2/c1-10(3-2-4-15-6-10)7-16-9(17)5-18-8-11(12,13)14/h15H,2-8H2,1H3,(H,16,17). The van der Waals surface area contributed by atoms with Crippen LogP contribution in [-0.2, 0) is 9.53 Å². The highest BCUT2D eigenvalue weighted by Gasteiger charge is 2.29. The summed E-state index contributed by atoms with van der Waals surface area (Å²) in [4.78, 5) is 11.3. The van der Waals surface area contributed by atoms with E-state index in [1.165, 1.54) is 0 Å². The van der Waals surface area contributed by atoms with E-state index in [1.54, 1.807) is 0 Å². The third-order valence-corrected chi connectivity index (χ3v) is 2.90. The number of hydrogen-bond acceptors (Lipinski definition) is 3. The van der Waals surface area contributed by atoms with Crippen molar-refractivity contribution in [1.29, 1.82) is 0 Å². The Kier molecular flexibility index (Phi) is 5.40. The van der Waals surface area contributed by atoms with Crippen LogP contribution >= 0.6 is 0 Å². The van der Waals surface area contributed by atoms with Gasteiger partial charge in [0.2, 0.25) is 5.91 Å². The number of rotatable bonds is 5. The van der Waals surface area contributed by atoms with Crippen LogP contribution in [0.4, 0.5) is 13.2 Å². The number of carbonyl (C=O) groups excluding carboxylic acids is 1. The highest BCUT2D eigenvalue weighted by Crippen LogP contribution is 2.24. The van der Waals surface area contributed by atoms with Gasteiger partial charge in [-0.2, -0.15) is 13.2 Å². The van der Waals surface area contributed by atoms with Gasteiger partial charge in [-0.05, 0) is 24.8 Å². The molecule has 0 bridgehead atoms. The predicted molar refractivity (Wildman–Crippen MR) is 60.1 cm³/mol. The lowest BCUT2D eigenvalue weighted by Crippen LogP contribution is -2.46. The summed E-state index contributed by atoms with van der Waals surface area (Å²) in [6, 6.07) is 0. The molecule has 4 nitrogen and oxygen atoms in total. The molecule has 1 aliphatic heterocycles. The minimum atomic E-state index is -4.39. The zero-order chi connectivity index (χ0) is 13.6. The number of hydrogen-bond donors (Lipinski definition) is 2. The quantitative estimate of drug-likeness (QED) is 0.784. The summed E-state index contributed by atoms with van der Waals surface area (Å²) in [5, 5.41) is 5.84. The van der Waals surface area contributed by atoms with Crippen LogP contribution < -0.4 is 10.6 Å². The molecular weight excluding hydrogens is 249 g/mol. The molecule has 2 N–H and O–H groups in total. The molecule has 1 rings (SSSR count). The van der Waals surface area contributed by atoms with E-state index in [4.69, 9.17) is 0 Å². The van der Waals surface area contributed by atoms with Gasteiger partial charge < -0.3 is 15.4 Å². The molecule has 1 fully saturated rings. The molecule has 18 heavy (non-hydrogen) atoms. The van der Waals surface area contributed by atoms with Crippen molar-refractivity contribution in [3.63, 3.8) is 0 Å². The molecule has 1 atom stereocenters. The van der Waals surface area contributed by atoms with Gasteiger partial charge in [0.15, 0.2) is 0 Å². The molecule has 1 aliphatic rings. The van der Waals surface area contributed by atoms with Crippen LogP contribution in [0.5, 0.6) is 0 Å². The Bertz CT molecular complexity index is 276. The number of amides is 1. The van der Waals surface area contributed by atoms with Gasteiger partial charge >= 0.3 is 6.18 Å². The van der Waals surface area contributed by atoms with Crippen LogP contribution in [0.2, 0.25) is 0 Å². The number of carbonyl (C=O) groups is 1. The Morgan fingerprint density at radius 1 is 1.50 bits per heavy atom. The first-order valence-corrected chi connectivity index (χ1v) is 5.93. The Hall–Kier alpha value is -0.820. The molecule has 1 amide bonds. The van der Waals surface area contributed by atoms with E-state index in [-0.39, 0.29) is 5.41 Å². The second-order valence-corrected chi connectivity index (χ2v) is 4.98. The van der Waals surface area contributed by atoms with Crippen molar-refractivity contribution in [2.24, 2.45) is 5.41 Å². The molecule has 7 heteroatoms. The number of halogens is 3. The smallest absolute Gasteiger partial charge is 0.362 e. The van der Waals surface area contributed by atoms with E-state index in [2.05, 4.69) is 15.4 Å². The number of ether oxygens (including phenoxy) is 1. The van der Waals surface area contributed by atoms with Crippen molar-refractivity contribution in [3.8, 4) is 0 Å². The summed E-state index contributed by atoms with van der Waals surface area (Å²) < 4.78 is 39.6. The number of nitrogens with one attached hydrogen (secondary N) is 2. The monoisotopic (exact) mass is 268 g/mol. The van der Waals surface area contributed by atoms with Crippen LogP contribution in [0.1, 0.15) is 19.8 Å². The van der Waals surface area contributed by atoms with E-state index in [9.17, 15) is 18.0 Å². The summed E-state index contributed by atoms with van der Waals surface area (Å²) >= 11 is 0. The fourth-order valence-electron chi connectivity index (χ4n) is 1.89. The van der Waals surface area contributed by atoms with Gasteiger partial charge in [0.05, 0.1) is 0 Å². The second-order valence-electron chi connectivity index (χ2n) is 4.98. The molecule has 1 unspecified atom stereocenters. The van der Waals surface area contributed by atoms with Crippen molar-refractivity contribution in [2.45, 2.75) is 25.9 Å². The molecule has 1 saturated heterocycles.